The Labute approximate surface area is 115 Å². The van der Waals surface area contributed by atoms with E-state index in [2.05, 4.69) is 24.3 Å². The summed E-state index contributed by atoms with van der Waals surface area (Å²) < 4.78 is 5.35. The number of benzene rings is 1. The van der Waals surface area contributed by atoms with Gasteiger partial charge in [-0.25, -0.2) is 0 Å². The summed E-state index contributed by atoms with van der Waals surface area (Å²) in [6.07, 6.45) is 8.23. The average molecular weight is 260 g/mol. The monoisotopic (exact) mass is 260 g/mol. The first-order valence-electron chi connectivity index (χ1n) is 7.68. The van der Waals surface area contributed by atoms with Crippen molar-refractivity contribution in [3.8, 4) is 0 Å². The summed E-state index contributed by atoms with van der Waals surface area (Å²) in [6, 6.07) is 8.74. The van der Waals surface area contributed by atoms with Crippen molar-refractivity contribution in [3.05, 3.63) is 35.4 Å². The maximum absolute atomic E-state index is 10.7. The number of hydrogen-bond donors (Lipinski definition) is 1. The number of rotatable bonds is 2. The molecule has 1 heterocycles. The second-order valence-corrected chi connectivity index (χ2v) is 6.10. The zero-order valence-corrected chi connectivity index (χ0v) is 11.6. The van der Waals surface area contributed by atoms with Gasteiger partial charge in [-0.15, -0.1) is 0 Å². The van der Waals surface area contributed by atoms with Crippen molar-refractivity contribution in [1.82, 2.24) is 0 Å². The van der Waals surface area contributed by atoms with Gasteiger partial charge in [-0.3, -0.25) is 0 Å². The Bertz CT molecular complexity index is 398. The van der Waals surface area contributed by atoms with Crippen LogP contribution in [0.4, 0.5) is 0 Å². The van der Waals surface area contributed by atoms with E-state index in [4.69, 9.17) is 4.74 Å². The molecule has 0 radical (unpaired) electrons. The minimum Gasteiger partial charge on any atom is -0.385 e. The lowest BCUT2D eigenvalue weighted by Gasteiger charge is -2.33. The van der Waals surface area contributed by atoms with Crippen LogP contribution in [0.3, 0.4) is 0 Å². The fourth-order valence-corrected chi connectivity index (χ4v) is 3.50. The predicted molar refractivity (Wildman–Crippen MR) is 76.2 cm³/mol. The first kappa shape index (κ1) is 13.1. The highest BCUT2D eigenvalue weighted by molar-refractivity contribution is 5.29. The van der Waals surface area contributed by atoms with Gasteiger partial charge >= 0.3 is 0 Å². The van der Waals surface area contributed by atoms with E-state index < -0.39 is 5.60 Å². The van der Waals surface area contributed by atoms with Gasteiger partial charge in [0.25, 0.3) is 0 Å². The molecule has 1 saturated heterocycles. The Balaban J connectivity index is 1.74. The summed E-state index contributed by atoms with van der Waals surface area (Å²) in [7, 11) is 0. The van der Waals surface area contributed by atoms with Crippen LogP contribution in [-0.2, 0) is 10.3 Å². The third-order valence-electron chi connectivity index (χ3n) is 4.84. The van der Waals surface area contributed by atoms with Gasteiger partial charge in [-0.1, -0.05) is 43.5 Å². The Morgan fingerprint density at radius 1 is 0.947 bits per heavy atom. The summed E-state index contributed by atoms with van der Waals surface area (Å²) >= 11 is 0. The molecule has 1 aromatic carbocycles. The molecule has 104 valence electrons. The van der Waals surface area contributed by atoms with E-state index in [1.165, 1.54) is 37.7 Å². The molecule has 2 aliphatic rings. The number of hydrogen-bond acceptors (Lipinski definition) is 2. The summed E-state index contributed by atoms with van der Waals surface area (Å²) in [5.41, 5.74) is 1.86. The van der Waals surface area contributed by atoms with E-state index in [-0.39, 0.29) is 0 Å². The van der Waals surface area contributed by atoms with Crippen molar-refractivity contribution >= 4 is 0 Å². The van der Waals surface area contributed by atoms with Crippen LogP contribution in [0.1, 0.15) is 62.0 Å². The van der Waals surface area contributed by atoms with Crippen molar-refractivity contribution in [2.45, 2.75) is 56.5 Å². The molecule has 1 saturated carbocycles. The summed E-state index contributed by atoms with van der Waals surface area (Å²) in [4.78, 5) is 0. The molecule has 1 N–H and O–H groups in total. The fourth-order valence-electron chi connectivity index (χ4n) is 3.50. The zero-order chi connectivity index (χ0) is 13.1. The molecule has 2 heteroatoms. The van der Waals surface area contributed by atoms with Crippen molar-refractivity contribution in [2.24, 2.45) is 0 Å². The van der Waals surface area contributed by atoms with Crippen LogP contribution in [0.2, 0.25) is 0 Å². The molecule has 1 aromatic rings. The first-order valence-corrected chi connectivity index (χ1v) is 7.68. The zero-order valence-electron chi connectivity index (χ0n) is 11.6. The Hall–Kier alpha value is -0.860. The van der Waals surface area contributed by atoms with Gasteiger partial charge in [0.15, 0.2) is 0 Å². The van der Waals surface area contributed by atoms with Crippen LogP contribution in [0.15, 0.2) is 24.3 Å². The Morgan fingerprint density at radius 3 is 2.21 bits per heavy atom. The largest absolute Gasteiger partial charge is 0.385 e. The van der Waals surface area contributed by atoms with E-state index in [1.54, 1.807) is 0 Å². The summed E-state index contributed by atoms with van der Waals surface area (Å²) in [6.45, 7) is 1.34. The fraction of sp³-hybridized carbons (Fsp3) is 0.647. The van der Waals surface area contributed by atoms with E-state index in [0.29, 0.717) is 13.2 Å². The van der Waals surface area contributed by atoms with Crippen LogP contribution in [0, 0.1) is 0 Å². The predicted octanol–water partition coefficient (Wildman–Crippen LogP) is 3.73. The highest BCUT2D eigenvalue weighted by atomic mass is 16.5. The van der Waals surface area contributed by atoms with Crippen LogP contribution >= 0.6 is 0 Å². The minimum atomic E-state index is -0.663. The van der Waals surface area contributed by atoms with Crippen molar-refractivity contribution in [2.75, 3.05) is 13.2 Å². The maximum atomic E-state index is 10.7. The van der Waals surface area contributed by atoms with Crippen LogP contribution < -0.4 is 0 Å². The third kappa shape index (κ3) is 2.85. The minimum absolute atomic E-state index is 0.663. The molecular weight excluding hydrogens is 236 g/mol. The van der Waals surface area contributed by atoms with Crippen LogP contribution in [0.25, 0.3) is 0 Å². The van der Waals surface area contributed by atoms with Crippen LogP contribution in [0.5, 0.6) is 0 Å². The maximum Gasteiger partial charge on any atom is 0.0940 e. The second-order valence-electron chi connectivity index (χ2n) is 6.10. The topological polar surface area (TPSA) is 29.5 Å². The lowest BCUT2D eigenvalue weighted by molar-refractivity contribution is -0.0679. The molecule has 1 aliphatic heterocycles. The molecule has 2 nitrogen and oxygen atoms in total. The van der Waals surface area contributed by atoms with Crippen molar-refractivity contribution < 1.29 is 9.84 Å². The first-order chi connectivity index (χ1) is 9.28. The molecule has 0 unspecified atom stereocenters. The van der Waals surface area contributed by atoms with Gasteiger partial charge in [0.1, 0.15) is 0 Å². The van der Waals surface area contributed by atoms with Gasteiger partial charge in [0.05, 0.1) is 5.60 Å². The van der Waals surface area contributed by atoms with E-state index in [1.807, 2.05) is 0 Å². The molecule has 19 heavy (non-hydrogen) atoms. The highest BCUT2D eigenvalue weighted by Gasteiger charge is 2.31. The lowest BCUT2D eigenvalue weighted by atomic mass is 9.81. The normalized spacial score (nSPS) is 24.3. The molecule has 0 atom stereocenters. The van der Waals surface area contributed by atoms with Gasteiger partial charge in [-0.05, 0) is 29.9 Å². The second kappa shape index (κ2) is 5.64. The van der Waals surface area contributed by atoms with E-state index in [0.717, 1.165) is 24.3 Å². The number of aliphatic hydroxyl groups is 1. The molecule has 2 fully saturated rings. The molecule has 0 amide bonds. The number of ether oxygens (including phenoxy) is 1. The van der Waals surface area contributed by atoms with Gasteiger partial charge in [0, 0.05) is 26.1 Å². The highest BCUT2D eigenvalue weighted by Crippen LogP contribution is 2.35. The molecule has 0 aromatic heterocycles. The standard InChI is InChI=1S/C17H24O2/c18-17(10-12-19-13-11-17)16-8-6-15(7-9-16)14-4-2-1-3-5-14/h6-9,14,18H,1-5,10-13H2. The van der Waals surface area contributed by atoms with Crippen molar-refractivity contribution in [3.63, 3.8) is 0 Å². The molecular formula is C17H24O2. The van der Waals surface area contributed by atoms with Gasteiger partial charge in [-0.2, -0.15) is 0 Å². The smallest absolute Gasteiger partial charge is 0.0940 e. The van der Waals surface area contributed by atoms with Crippen molar-refractivity contribution in [1.29, 1.82) is 0 Å². The molecule has 0 spiro atoms. The average Bonchev–Trinajstić information content (AvgIpc) is 2.49. The van der Waals surface area contributed by atoms with Crippen LogP contribution in [-0.4, -0.2) is 18.3 Å². The van der Waals surface area contributed by atoms with E-state index in [9.17, 15) is 5.11 Å². The third-order valence-corrected chi connectivity index (χ3v) is 4.84. The van der Waals surface area contributed by atoms with Gasteiger partial charge < -0.3 is 9.84 Å². The Morgan fingerprint density at radius 2 is 1.58 bits per heavy atom. The van der Waals surface area contributed by atoms with E-state index >= 15 is 0 Å². The lowest BCUT2D eigenvalue weighted by Crippen LogP contribution is -2.33. The SMILES string of the molecule is OC1(c2ccc(C3CCCCC3)cc2)CCOCC1. The summed E-state index contributed by atoms with van der Waals surface area (Å²) in [5, 5.41) is 10.7. The summed E-state index contributed by atoms with van der Waals surface area (Å²) in [5.74, 6) is 0.743. The Kier molecular flexibility index (Phi) is 3.90. The molecule has 3 rings (SSSR count). The quantitative estimate of drug-likeness (QED) is 0.878. The molecule has 1 aliphatic carbocycles. The molecule has 0 bridgehead atoms. The van der Waals surface area contributed by atoms with Gasteiger partial charge in [0.2, 0.25) is 0 Å².